The predicted octanol–water partition coefficient (Wildman–Crippen LogP) is 2.44. The second-order valence-electron chi connectivity index (χ2n) is 8.54. The fraction of sp³-hybridized carbons (Fsp3) is 0.450. The molecule has 1 fully saturated rings. The fourth-order valence-corrected chi connectivity index (χ4v) is 7.04. The zero-order valence-electron chi connectivity index (χ0n) is 17.0. The Kier molecular flexibility index (Phi) is 4.32. The molecule has 0 aliphatic carbocycles. The fourth-order valence-electron chi connectivity index (χ4n) is 4.68. The van der Waals surface area contributed by atoms with Gasteiger partial charge in [-0.15, -0.1) is 11.3 Å². The molecule has 158 valence electrons. The van der Waals surface area contributed by atoms with E-state index in [9.17, 15) is 13.2 Å². The van der Waals surface area contributed by atoms with Gasteiger partial charge in [0.25, 0.3) is 10.0 Å². The van der Waals surface area contributed by atoms with Crippen LogP contribution in [-0.4, -0.2) is 45.4 Å². The van der Waals surface area contributed by atoms with Crippen molar-refractivity contribution in [3.05, 3.63) is 46.7 Å². The quantitative estimate of drug-likeness (QED) is 0.665. The molecule has 2 atom stereocenters. The van der Waals surface area contributed by atoms with Crippen molar-refractivity contribution in [3.63, 3.8) is 0 Å². The maximum absolute atomic E-state index is 13.6. The van der Waals surface area contributed by atoms with E-state index in [4.69, 9.17) is 0 Å². The lowest BCUT2D eigenvalue weighted by Gasteiger charge is -2.40. The van der Waals surface area contributed by atoms with Gasteiger partial charge in [-0.05, 0) is 45.1 Å². The first-order valence-electron chi connectivity index (χ1n) is 9.92. The standard InChI is InChI=1S/C20H23N5O3S2/c1-12-9-17-21-11-14-15-7-6-13(10-16(14)25(17)22-12)24(15)19(26)20(2,3)23-30(27,28)18-5-4-8-29-18/h4-5,8-9,11,13,15,23H,6-7,10H2,1-3H3/t13-,15+/m0/s1. The molecule has 0 saturated carbocycles. The van der Waals surface area contributed by atoms with E-state index >= 15 is 0 Å². The van der Waals surface area contributed by atoms with E-state index in [1.54, 1.807) is 25.3 Å². The summed E-state index contributed by atoms with van der Waals surface area (Å²) in [6.07, 6.45) is 4.25. The summed E-state index contributed by atoms with van der Waals surface area (Å²) in [5.74, 6) is -0.211. The van der Waals surface area contributed by atoms with Gasteiger partial charge in [-0.2, -0.15) is 9.82 Å². The van der Waals surface area contributed by atoms with Gasteiger partial charge in [-0.1, -0.05) is 6.07 Å². The number of nitrogens with one attached hydrogen (secondary N) is 1. The van der Waals surface area contributed by atoms with Crippen LogP contribution in [0.3, 0.4) is 0 Å². The molecule has 2 aliphatic heterocycles. The van der Waals surface area contributed by atoms with Gasteiger partial charge in [-0.3, -0.25) is 4.79 Å². The van der Waals surface area contributed by atoms with Crippen molar-refractivity contribution in [3.8, 4) is 0 Å². The van der Waals surface area contributed by atoms with Crippen LogP contribution in [0.2, 0.25) is 0 Å². The Morgan fingerprint density at radius 2 is 2.13 bits per heavy atom. The number of thiophene rings is 1. The highest BCUT2D eigenvalue weighted by atomic mass is 32.2. The third-order valence-corrected chi connectivity index (χ3v) is 9.00. The number of aryl methyl sites for hydroxylation is 1. The molecule has 10 heteroatoms. The molecule has 2 aliphatic rings. The van der Waals surface area contributed by atoms with E-state index < -0.39 is 15.6 Å². The molecule has 5 heterocycles. The number of nitrogens with zero attached hydrogens (tertiary/aromatic N) is 4. The molecule has 0 radical (unpaired) electrons. The van der Waals surface area contributed by atoms with Crippen molar-refractivity contribution < 1.29 is 13.2 Å². The molecular weight excluding hydrogens is 422 g/mol. The summed E-state index contributed by atoms with van der Waals surface area (Å²) in [5.41, 5.74) is 2.56. The number of carbonyl (C=O) groups is 1. The van der Waals surface area contributed by atoms with Crippen molar-refractivity contribution >= 4 is 32.9 Å². The number of hydrogen-bond acceptors (Lipinski definition) is 6. The second-order valence-corrected chi connectivity index (χ2v) is 11.4. The largest absolute Gasteiger partial charge is 0.331 e. The van der Waals surface area contributed by atoms with Gasteiger partial charge in [0.15, 0.2) is 5.65 Å². The summed E-state index contributed by atoms with van der Waals surface area (Å²) >= 11 is 1.13. The molecule has 0 unspecified atom stereocenters. The van der Waals surface area contributed by atoms with Crippen LogP contribution in [0.15, 0.2) is 34.0 Å². The molecule has 0 aromatic carbocycles. The lowest BCUT2D eigenvalue weighted by molar-refractivity contribution is -0.140. The SMILES string of the molecule is Cc1cc2ncc3c(n2n1)C[C@@H]1CC[C@H]3N1C(=O)C(C)(C)NS(=O)(=O)c1cccs1. The summed E-state index contributed by atoms with van der Waals surface area (Å²) in [6.45, 7) is 5.21. The first-order chi connectivity index (χ1) is 14.2. The number of hydrogen-bond donors (Lipinski definition) is 1. The van der Waals surface area contributed by atoms with Gasteiger partial charge in [0.2, 0.25) is 5.91 Å². The van der Waals surface area contributed by atoms with Crippen molar-refractivity contribution in [1.29, 1.82) is 0 Å². The summed E-state index contributed by atoms with van der Waals surface area (Å²) in [7, 11) is -3.76. The Morgan fingerprint density at radius 3 is 2.87 bits per heavy atom. The van der Waals surface area contributed by atoms with E-state index in [-0.39, 0.29) is 22.2 Å². The highest BCUT2D eigenvalue weighted by molar-refractivity contribution is 7.91. The lowest BCUT2D eigenvalue weighted by Crippen LogP contribution is -2.58. The van der Waals surface area contributed by atoms with Crippen molar-refractivity contribution in [2.45, 2.75) is 61.9 Å². The average Bonchev–Trinajstić information content (AvgIpc) is 3.38. The van der Waals surface area contributed by atoms with E-state index in [2.05, 4.69) is 14.8 Å². The third kappa shape index (κ3) is 2.97. The normalized spacial score (nSPS) is 21.2. The van der Waals surface area contributed by atoms with Crippen molar-refractivity contribution in [2.24, 2.45) is 0 Å². The molecule has 8 nitrogen and oxygen atoms in total. The summed E-state index contributed by atoms with van der Waals surface area (Å²) < 4.78 is 30.2. The van der Waals surface area contributed by atoms with Gasteiger partial charge in [-0.25, -0.2) is 17.9 Å². The minimum absolute atomic E-state index is 0.0237. The van der Waals surface area contributed by atoms with Gasteiger partial charge < -0.3 is 4.90 Å². The zero-order valence-corrected chi connectivity index (χ0v) is 18.6. The van der Waals surface area contributed by atoms with Crippen molar-refractivity contribution in [2.75, 3.05) is 0 Å². The lowest BCUT2D eigenvalue weighted by atomic mass is 9.95. The minimum Gasteiger partial charge on any atom is -0.331 e. The predicted molar refractivity (Wildman–Crippen MR) is 113 cm³/mol. The number of sulfonamides is 1. The zero-order chi connectivity index (χ0) is 21.3. The van der Waals surface area contributed by atoms with Crippen LogP contribution in [0.4, 0.5) is 0 Å². The van der Waals surface area contributed by atoms with Crippen LogP contribution in [0.5, 0.6) is 0 Å². The Labute approximate surface area is 179 Å². The van der Waals surface area contributed by atoms with E-state index in [1.807, 2.05) is 28.6 Å². The maximum atomic E-state index is 13.6. The molecule has 1 saturated heterocycles. The third-order valence-electron chi connectivity index (χ3n) is 5.95. The number of carbonyl (C=O) groups excluding carboxylic acids is 1. The van der Waals surface area contributed by atoms with Crippen LogP contribution in [0, 0.1) is 6.92 Å². The van der Waals surface area contributed by atoms with Crippen molar-refractivity contribution in [1.82, 2.24) is 24.2 Å². The van der Waals surface area contributed by atoms with Gasteiger partial charge in [0, 0.05) is 30.3 Å². The molecule has 1 amide bonds. The molecule has 3 aromatic rings. The van der Waals surface area contributed by atoms with Crippen LogP contribution >= 0.6 is 11.3 Å². The molecule has 0 spiro atoms. The van der Waals surface area contributed by atoms with Crippen LogP contribution < -0.4 is 4.72 Å². The van der Waals surface area contributed by atoms with E-state index in [0.717, 1.165) is 46.8 Å². The van der Waals surface area contributed by atoms with Gasteiger partial charge in [0.05, 0.1) is 17.4 Å². The maximum Gasteiger partial charge on any atom is 0.251 e. The van der Waals surface area contributed by atoms with Gasteiger partial charge >= 0.3 is 0 Å². The Morgan fingerprint density at radius 1 is 1.33 bits per heavy atom. The Bertz CT molecular complexity index is 1250. The van der Waals surface area contributed by atoms with E-state index in [1.165, 1.54) is 6.07 Å². The monoisotopic (exact) mass is 445 g/mol. The molecule has 5 rings (SSSR count). The molecule has 1 N–H and O–H groups in total. The molecule has 2 bridgehead atoms. The van der Waals surface area contributed by atoms with Gasteiger partial charge in [0.1, 0.15) is 9.75 Å². The summed E-state index contributed by atoms with van der Waals surface area (Å²) in [5, 5.41) is 6.28. The van der Waals surface area contributed by atoms with E-state index in [0.29, 0.717) is 6.42 Å². The Balaban J connectivity index is 1.48. The highest BCUT2D eigenvalue weighted by Gasteiger charge is 2.48. The smallest absolute Gasteiger partial charge is 0.251 e. The summed E-state index contributed by atoms with van der Waals surface area (Å²) in [6, 6.07) is 5.08. The number of fused-ring (bicyclic) bond motifs is 6. The molecular formula is C20H23N5O3S2. The minimum atomic E-state index is -3.76. The van der Waals surface area contributed by atoms with Crippen LogP contribution in [0.1, 0.15) is 49.7 Å². The first kappa shape index (κ1) is 19.7. The molecule has 3 aromatic heterocycles. The average molecular weight is 446 g/mol. The number of amides is 1. The number of rotatable bonds is 4. The summed E-state index contributed by atoms with van der Waals surface area (Å²) in [4.78, 5) is 20.0. The van der Waals surface area contributed by atoms with Crippen LogP contribution in [0.25, 0.3) is 5.65 Å². The number of aromatic nitrogens is 3. The molecule has 30 heavy (non-hydrogen) atoms. The first-order valence-corrected chi connectivity index (χ1v) is 12.3. The topological polar surface area (TPSA) is 96.7 Å². The second kappa shape index (κ2) is 6.60. The Hall–Kier alpha value is -2.30. The highest BCUT2D eigenvalue weighted by Crippen LogP contribution is 2.44. The van der Waals surface area contributed by atoms with Crippen LogP contribution in [-0.2, 0) is 21.2 Å².